The molecule has 1 aliphatic rings. The lowest BCUT2D eigenvalue weighted by atomic mass is 9.92. The van der Waals surface area contributed by atoms with Crippen molar-refractivity contribution in [1.29, 1.82) is 0 Å². The molecule has 3 aromatic rings. The van der Waals surface area contributed by atoms with Gasteiger partial charge in [-0.25, -0.2) is 0 Å². The van der Waals surface area contributed by atoms with Gasteiger partial charge in [0.05, 0.1) is 17.9 Å². The molecule has 4 heteroatoms. The van der Waals surface area contributed by atoms with Crippen LogP contribution in [0.5, 0.6) is 0 Å². The lowest BCUT2D eigenvalue weighted by molar-refractivity contribution is 0.0760. The van der Waals surface area contributed by atoms with E-state index in [1.807, 2.05) is 47.4 Å². The van der Waals surface area contributed by atoms with Gasteiger partial charge in [-0.3, -0.25) is 9.78 Å². The number of hydrogen-bond acceptors (Lipinski definition) is 3. The first-order valence-corrected chi connectivity index (χ1v) is 10.2. The fourth-order valence-electron chi connectivity index (χ4n) is 4.06. The minimum atomic E-state index is 0.00332. The molecule has 148 valence electrons. The Morgan fingerprint density at radius 2 is 1.86 bits per heavy atom. The summed E-state index contributed by atoms with van der Waals surface area (Å²) in [4.78, 5) is 19.5. The zero-order valence-electron chi connectivity index (χ0n) is 16.5. The van der Waals surface area contributed by atoms with Crippen LogP contribution in [0.4, 0.5) is 0 Å². The highest BCUT2D eigenvalue weighted by Crippen LogP contribution is 2.28. The summed E-state index contributed by atoms with van der Waals surface area (Å²) in [5, 5.41) is 9.31. The number of benzene rings is 2. The van der Waals surface area contributed by atoms with Gasteiger partial charge in [0.2, 0.25) is 0 Å². The van der Waals surface area contributed by atoms with Crippen molar-refractivity contribution in [2.75, 3.05) is 13.1 Å². The standard InChI is InChI=1S/C25H26N2O2/c28-18-19-6-4-9-22(16-19)24-12-11-23(17-26-24)25(29)27-14-5-10-21(13-15-27)20-7-2-1-3-8-20/h1-4,6-9,11-12,16-17,21,28H,5,10,13-15,18H2. The SMILES string of the molecule is O=C(c1ccc(-c2cccc(CO)c2)nc1)N1CCCC(c2ccccc2)CC1. The van der Waals surface area contributed by atoms with Gasteiger partial charge in [0.25, 0.3) is 5.91 Å². The molecule has 29 heavy (non-hydrogen) atoms. The van der Waals surface area contributed by atoms with Crippen molar-refractivity contribution in [2.24, 2.45) is 0 Å². The Kier molecular flexibility index (Phi) is 6.01. The van der Waals surface area contributed by atoms with Crippen molar-refractivity contribution in [2.45, 2.75) is 31.8 Å². The lowest BCUT2D eigenvalue weighted by Gasteiger charge is -2.21. The van der Waals surface area contributed by atoms with Crippen LogP contribution >= 0.6 is 0 Å². The van der Waals surface area contributed by atoms with Crippen molar-refractivity contribution in [3.63, 3.8) is 0 Å². The Hall–Kier alpha value is -2.98. The fraction of sp³-hybridized carbons (Fsp3) is 0.280. The van der Waals surface area contributed by atoms with Gasteiger partial charge in [-0.2, -0.15) is 0 Å². The van der Waals surface area contributed by atoms with Gasteiger partial charge in [-0.05, 0) is 54.5 Å². The molecule has 1 aliphatic heterocycles. The van der Waals surface area contributed by atoms with E-state index in [0.717, 1.165) is 49.2 Å². The first kappa shape index (κ1) is 19.3. The van der Waals surface area contributed by atoms with E-state index in [1.165, 1.54) is 5.56 Å². The summed E-state index contributed by atoms with van der Waals surface area (Å²) >= 11 is 0. The number of aromatic nitrogens is 1. The number of aliphatic hydroxyl groups excluding tert-OH is 1. The maximum Gasteiger partial charge on any atom is 0.255 e. The highest BCUT2D eigenvalue weighted by molar-refractivity contribution is 5.94. The molecule has 0 spiro atoms. The summed E-state index contributed by atoms with van der Waals surface area (Å²) in [5.74, 6) is 0.579. The highest BCUT2D eigenvalue weighted by atomic mass is 16.3. The molecule has 1 N–H and O–H groups in total. The van der Waals surface area contributed by atoms with Crippen molar-refractivity contribution >= 4 is 5.91 Å². The Bertz CT molecular complexity index is 954. The van der Waals surface area contributed by atoms with Gasteiger partial charge in [0.15, 0.2) is 0 Å². The molecule has 1 atom stereocenters. The van der Waals surface area contributed by atoms with Gasteiger partial charge in [0, 0.05) is 24.8 Å². The summed E-state index contributed by atoms with van der Waals surface area (Å²) in [6.07, 6.45) is 4.80. The molecule has 0 aliphatic carbocycles. The summed E-state index contributed by atoms with van der Waals surface area (Å²) in [7, 11) is 0. The van der Waals surface area contributed by atoms with Crippen LogP contribution in [0.2, 0.25) is 0 Å². The maximum absolute atomic E-state index is 13.0. The van der Waals surface area contributed by atoms with Gasteiger partial charge < -0.3 is 10.0 Å². The van der Waals surface area contributed by atoms with Crippen LogP contribution in [0.3, 0.4) is 0 Å². The molecule has 4 nitrogen and oxygen atoms in total. The Labute approximate surface area is 171 Å². The number of carbonyl (C=O) groups is 1. The second-order valence-corrected chi connectivity index (χ2v) is 7.62. The third-order valence-corrected chi connectivity index (χ3v) is 5.70. The van der Waals surface area contributed by atoms with Crippen LogP contribution < -0.4 is 0 Å². The largest absolute Gasteiger partial charge is 0.392 e. The number of amides is 1. The van der Waals surface area contributed by atoms with Crippen molar-refractivity contribution in [1.82, 2.24) is 9.88 Å². The second-order valence-electron chi connectivity index (χ2n) is 7.62. The molecule has 0 saturated carbocycles. The van der Waals surface area contributed by atoms with Crippen molar-refractivity contribution < 1.29 is 9.90 Å². The topological polar surface area (TPSA) is 53.4 Å². The number of aliphatic hydroxyl groups is 1. The van der Waals surface area contributed by atoms with Gasteiger partial charge in [-0.15, -0.1) is 0 Å². The van der Waals surface area contributed by atoms with Gasteiger partial charge >= 0.3 is 0 Å². The van der Waals surface area contributed by atoms with Crippen LogP contribution in [-0.2, 0) is 6.61 Å². The molecular formula is C25H26N2O2. The minimum Gasteiger partial charge on any atom is -0.392 e. The van der Waals surface area contributed by atoms with Crippen LogP contribution in [0.15, 0.2) is 72.9 Å². The Morgan fingerprint density at radius 3 is 2.62 bits per heavy atom. The number of rotatable bonds is 4. The molecule has 1 unspecified atom stereocenters. The monoisotopic (exact) mass is 386 g/mol. The zero-order chi connectivity index (χ0) is 20.1. The van der Waals surface area contributed by atoms with E-state index in [4.69, 9.17) is 0 Å². The summed E-state index contributed by atoms with van der Waals surface area (Å²) in [6.45, 7) is 1.57. The molecule has 2 heterocycles. The van der Waals surface area contributed by atoms with Crippen molar-refractivity contribution in [3.8, 4) is 11.3 Å². The van der Waals surface area contributed by atoms with E-state index >= 15 is 0 Å². The molecule has 0 radical (unpaired) electrons. The summed E-state index contributed by atoms with van der Waals surface area (Å²) in [5.41, 5.74) is 4.60. The van der Waals surface area contributed by atoms with Crippen LogP contribution in [0.1, 0.15) is 46.7 Å². The number of likely N-dealkylation sites (tertiary alicyclic amines) is 1. The highest BCUT2D eigenvalue weighted by Gasteiger charge is 2.22. The predicted octanol–water partition coefficient (Wildman–Crippen LogP) is 4.65. The molecule has 1 fully saturated rings. The third-order valence-electron chi connectivity index (χ3n) is 5.70. The molecule has 0 bridgehead atoms. The lowest BCUT2D eigenvalue weighted by Crippen LogP contribution is -2.32. The molecule has 4 rings (SSSR count). The molecule has 2 aromatic carbocycles. The molecule has 1 saturated heterocycles. The van der Waals surface area contributed by atoms with E-state index in [2.05, 4.69) is 29.2 Å². The van der Waals surface area contributed by atoms with Crippen LogP contribution in [-0.4, -0.2) is 34.0 Å². The van der Waals surface area contributed by atoms with Crippen LogP contribution in [0, 0.1) is 0 Å². The normalized spacial score (nSPS) is 17.0. The summed E-state index contributed by atoms with van der Waals surface area (Å²) in [6, 6.07) is 22.0. The Morgan fingerprint density at radius 1 is 1.00 bits per heavy atom. The number of nitrogens with zero attached hydrogens (tertiary/aromatic N) is 2. The average Bonchev–Trinajstić information content (AvgIpc) is 3.06. The van der Waals surface area contributed by atoms with Crippen LogP contribution in [0.25, 0.3) is 11.3 Å². The average molecular weight is 386 g/mol. The third kappa shape index (κ3) is 4.54. The first-order valence-electron chi connectivity index (χ1n) is 10.2. The first-order chi connectivity index (χ1) is 14.2. The number of pyridine rings is 1. The minimum absolute atomic E-state index is 0.00332. The number of carbonyl (C=O) groups excluding carboxylic acids is 1. The van der Waals surface area contributed by atoms with Gasteiger partial charge in [0.1, 0.15) is 0 Å². The van der Waals surface area contributed by atoms with E-state index < -0.39 is 0 Å². The zero-order valence-corrected chi connectivity index (χ0v) is 16.5. The van der Waals surface area contributed by atoms with Crippen molar-refractivity contribution in [3.05, 3.63) is 89.6 Å². The Balaban J connectivity index is 1.44. The number of hydrogen-bond donors (Lipinski definition) is 1. The van der Waals surface area contributed by atoms with E-state index in [0.29, 0.717) is 11.5 Å². The fourth-order valence-corrected chi connectivity index (χ4v) is 4.06. The summed E-state index contributed by atoms with van der Waals surface area (Å²) < 4.78 is 0. The molecule has 1 aromatic heterocycles. The van der Waals surface area contributed by atoms with E-state index in [-0.39, 0.29) is 12.5 Å². The van der Waals surface area contributed by atoms with Gasteiger partial charge in [-0.1, -0.05) is 48.5 Å². The quantitative estimate of drug-likeness (QED) is 0.710. The maximum atomic E-state index is 13.0. The van der Waals surface area contributed by atoms with E-state index in [9.17, 15) is 9.90 Å². The van der Waals surface area contributed by atoms with E-state index in [1.54, 1.807) is 6.20 Å². The smallest absolute Gasteiger partial charge is 0.255 e. The second kappa shape index (κ2) is 9.01. The molecule has 1 amide bonds. The molecular weight excluding hydrogens is 360 g/mol. The predicted molar refractivity (Wildman–Crippen MR) is 115 cm³/mol.